The van der Waals surface area contributed by atoms with Crippen LogP contribution in [0.2, 0.25) is 0 Å². The van der Waals surface area contributed by atoms with Gasteiger partial charge in [0.15, 0.2) is 17.5 Å². The normalized spacial score (nSPS) is 39.7. The van der Waals surface area contributed by atoms with Crippen LogP contribution in [0.1, 0.15) is 42.6 Å². The van der Waals surface area contributed by atoms with E-state index >= 15 is 0 Å². The number of carbonyl (C=O) groups excluding carboxylic acids is 1. The molecule has 4 heteroatoms. The molecule has 1 aliphatic rings. The molecule has 0 radical (unpaired) electrons. The molecule has 1 aliphatic carbocycles. The molecule has 2 rings (SSSR count). The maximum atomic E-state index is 13.3. The van der Waals surface area contributed by atoms with Crippen LogP contribution in [0.15, 0.2) is 12.1 Å². The number of rotatable bonds is 2. The lowest BCUT2D eigenvalue weighted by molar-refractivity contribution is -0.111. The van der Waals surface area contributed by atoms with E-state index in [0.29, 0.717) is 0 Å². The van der Waals surface area contributed by atoms with Gasteiger partial charge in [-0.05, 0) is 49.2 Å². The average Bonchev–Trinajstić information content (AvgIpc) is 2.42. The van der Waals surface area contributed by atoms with Crippen LogP contribution in [-0.4, -0.2) is 6.29 Å². The predicted molar refractivity (Wildman–Crippen MR) is 57.1 cm³/mol. The van der Waals surface area contributed by atoms with E-state index < -0.39 is 42.0 Å². The van der Waals surface area contributed by atoms with E-state index in [1.165, 1.54) is 0 Å². The van der Waals surface area contributed by atoms with Crippen LogP contribution in [-0.2, 0) is 4.79 Å². The van der Waals surface area contributed by atoms with Gasteiger partial charge in [-0.25, -0.2) is 13.2 Å². The fourth-order valence-corrected chi connectivity index (χ4v) is 1.82. The van der Waals surface area contributed by atoms with Crippen LogP contribution in [0.3, 0.4) is 0 Å². The SMILES string of the molecule is [2H]C1[C@@H](c2cc(F)c(F)c(F)c2)CC[C@]([2H])(C=O)C1([2H])[2H]. The van der Waals surface area contributed by atoms with E-state index in [1.54, 1.807) is 0 Å². The maximum Gasteiger partial charge on any atom is 0.194 e. The van der Waals surface area contributed by atoms with Gasteiger partial charge in [0.2, 0.25) is 0 Å². The highest BCUT2D eigenvalue weighted by Crippen LogP contribution is 2.35. The summed E-state index contributed by atoms with van der Waals surface area (Å²) in [5, 5.41) is 0. The number of hydrogen-bond acceptors (Lipinski definition) is 1. The standard InChI is InChI=1S/C13H13F3O/c14-11-5-10(6-12(15)13(11)16)9-3-1-8(7-17)2-4-9/h5-9H,1-4H2/t8-,9-/i1D2,3D,8D/t3?,8-,9-/m1/s1. The van der Waals surface area contributed by atoms with Gasteiger partial charge in [-0.1, -0.05) is 0 Å². The van der Waals surface area contributed by atoms with Crippen LogP contribution < -0.4 is 0 Å². The molecular formula is C13H13F3O. The summed E-state index contributed by atoms with van der Waals surface area (Å²) >= 11 is 0. The molecule has 1 fully saturated rings. The molecule has 0 aromatic heterocycles. The van der Waals surface area contributed by atoms with E-state index in [1.807, 2.05) is 0 Å². The number of benzene rings is 1. The molecule has 1 nitrogen and oxygen atoms in total. The molecular weight excluding hydrogens is 229 g/mol. The molecule has 0 heterocycles. The second-order valence-electron chi connectivity index (χ2n) is 3.90. The topological polar surface area (TPSA) is 17.1 Å². The first kappa shape index (κ1) is 7.90. The lowest BCUT2D eigenvalue weighted by Gasteiger charge is -2.25. The predicted octanol–water partition coefficient (Wildman–Crippen LogP) is 3.58. The van der Waals surface area contributed by atoms with Crippen molar-refractivity contribution in [1.82, 2.24) is 0 Å². The highest BCUT2D eigenvalue weighted by molar-refractivity contribution is 5.53. The molecule has 0 aliphatic heterocycles. The molecule has 0 amide bonds. The second kappa shape index (κ2) is 4.90. The number of aldehydes is 1. The van der Waals surface area contributed by atoms with Crippen LogP contribution in [0.5, 0.6) is 0 Å². The zero-order chi connectivity index (χ0) is 16.0. The van der Waals surface area contributed by atoms with E-state index in [0.717, 1.165) is 12.1 Å². The third-order valence-corrected chi connectivity index (χ3v) is 2.77. The largest absolute Gasteiger partial charge is 0.303 e. The van der Waals surface area contributed by atoms with Gasteiger partial charge in [0, 0.05) is 11.4 Å². The third-order valence-electron chi connectivity index (χ3n) is 2.77. The minimum atomic E-state index is -2.47. The number of halogens is 3. The molecule has 1 aromatic rings. The van der Waals surface area contributed by atoms with Gasteiger partial charge in [0.1, 0.15) is 6.29 Å². The Balaban J connectivity index is 2.42. The lowest BCUT2D eigenvalue weighted by atomic mass is 9.79. The Labute approximate surface area is 103 Å². The molecule has 1 aromatic carbocycles. The molecule has 0 N–H and O–H groups in total. The van der Waals surface area contributed by atoms with Crippen molar-refractivity contribution < 1.29 is 23.4 Å². The van der Waals surface area contributed by atoms with E-state index in [4.69, 9.17) is 5.48 Å². The van der Waals surface area contributed by atoms with Crippen molar-refractivity contribution in [2.75, 3.05) is 0 Å². The molecule has 0 spiro atoms. The Morgan fingerprint density at radius 1 is 1.29 bits per heavy atom. The van der Waals surface area contributed by atoms with Gasteiger partial charge in [0.05, 0.1) is 0 Å². The molecule has 1 unspecified atom stereocenters. The summed E-state index contributed by atoms with van der Waals surface area (Å²) in [5.74, 6) is -7.41. The first-order valence-corrected chi connectivity index (χ1v) is 5.17. The fraction of sp³-hybridized carbons (Fsp3) is 0.462. The quantitative estimate of drug-likeness (QED) is 0.576. The highest BCUT2D eigenvalue weighted by Gasteiger charge is 2.23. The van der Waals surface area contributed by atoms with Crippen LogP contribution in [0, 0.1) is 23.3 Å². The Hall–Kier alpha value is -1.32. The minimum absolute atomic E-state index is 0.0387. The molecule has 17 heavy (non-hydrogen) atoms. The summed E-state index contributed by atoms with van der Waals surface area (Å²) < 4.78 is 70.9. The van der Waals surface area contributed by atoms with Gasteiger partial charge in [-0.3, -0.25) is 0 Å². The summed E-state index contributed by atoms with van der Waals surface area (Å²) in [6, 6.07) is 1.47. The summed E-state index contributed by atoms with van der Waals surface area (Å²) in [7, 11) is 0. The molecule has 92 valence electrons. The summed E-state index contributed by atoms with van der Waals surface area (Å²) in [6.07, 6.45) is -4.00. The van der Waals surface area contributed by atoms with Crippen molar-refractivity contribution in [3.05, 3.63) is 35.1 Å². The number of carbonyl (C=O) groups is 1. The van der Waals surface area contributed by atoms with Crippen molar-refractivity contribution >= 4 is 6.29 Å². The van der Waals surface area contributed by atoms with E-state index in [9.17, 15) is 18.0 Å². The van der Waals surface area contributed by atoms with E-state index in [2.05, 4.69) is 0 Å². The lowest BCUT2D eigenvalue weighted by Crippen LogP contribution is -2.14. The monoisotopic (exact) mass is 246 g/mol. The van der Waals surface area contributed by atoms with Crippen molar-refractivity contribution in [1.29, 1.82) is 0 Å². The second-order valence-corrected chi connectivity index (χ2v) is 3.90. The van der Waals surface area contributed by atoms with Crippen molar-refractivity contribution in [3.8, 4) is 0 Å². The molecule has 0 bridgehead atoms. The van der Waals surface area contributed by atoms with Gasteiger partial charge < -0.3 is 4.79 Å². The van der Waals surface area contributed by atoms with Crippen LogP contribution >= 0.6 is 0 Å². The van der Waals surface area contributed by atoms with Crippen molar-refractivity contribution in [3.63, 3.8) is 0 Å². The summed E-state index contributed by atoms with van der Waals surface area (Å²) in [4.78, 5) is 11.0. The van der Waals surface area contributed by atoms with Gasteiger partial charge in [-0.15, -0.1) is 0 Å². The van der Waals surface area contributed by atoms with Crippen molar-refractivity contribution in [2.24, 2.45) is 5.89 Å². The Morgan fingerprint density at radius 3 is 2.53 bits per heavy atom. The Bertz CT molecular complexity index is 558. The Morgan fingerprint density at radius 2 is 1.94 bits per heavy atom. The minimum Gasteiger partial charge on any atom is -0.303 e. The molecule has 1 saturated carbocycles. The summed E-state index contributed by atoms with van der Waals surface area (Å²) in [6.45, 7) is 0. The van der Waals surface area contributed by atoms with Gasteiger partial charge in [0.25, 0.3) is 0 Å². The third kappa shape index (κ3) is 2.51. The summed E-state index contributed by atoms with van der Waals surface area (Å²) in [5.41, 5.74) is -0.0387. The smallest absolute Gasteiger partial charge is 0.194 e. The first-order chi connectivity index (χ1) is 9.64. The Kier molecular flexibility index (Phi) is 2.28. The fourth-order valence-electron chi connectivity index (χ4n) is 1.82. The maximum absolute atomic E-state index is 13.3. The van der Waals surface area contributed by atoms with Crippen LogP contribution in [0.25, 0.3) is 0 Å². The zero-order valence-electron chi connectivity index (χ0n) is 12.8. The average molecular weight is 246 g/mol. The molecule has 3 atom stereocenters. The first-order valence-electron chi connectivity index (χ1n) is 7.25. The zero-order valence-corrected chi connectivity index (χ0v) is 8.84. The number of hydrogen-bond donors (Lipinski definition) is 0. The van der Waals surface area contributed by atoms with Gasteiger partial charge in [-0.2, -0.15) is 0 Å². The van der Waals surface area contributed by atoms with Gasteiger partial charge >= 0.3 is 0 Å². The van der Waals surface area contributed by atoms with E-state index in [-0.39, 0.29) is 24.7 Å². The van der Waals surface area contributed by atoms with Crippen molar-refractivity contribution in [2.45, 2.75) is 31.5 Å². The molecule has 0 saturated heterocycles. The van der Waals surface area contributed by atoms with Crippen LogP contribution in [0.4, 0.5) is 13.2 Å². The highest BCUT2D eigenvalue weighted by atomic mass is 19.2.